The smallest absolute Gasteiger partial charge is 0.243 e. The molecule has 1 heterocycles. The standard InChI is InChI=1S/C21H20Cl2N2O2S/c22-20-8-5-16(13-21(20)23)15-24-9-11-25(12-10-24)28(26,27)19-7-6-17-3-1-2-4-18(17)14-19/h1-8,13-14H,9-12,15H2. The summed E-state index contributed by atoms with van der Waals surface area (Å²) in [5, 5.41) is 3.04. The molecule has 0 bridgehead atoms. The first-order chi connectivity index (χ1) is 13.4. The molecule has 0 aliphatic carbocycles. The third-order valence-electron chi connectivity index (χ3n) is 5.08. The summed E-state index contributed by atoms with van der Waals surface area (Å²) >= 11 is 12.1. The van der Waals surface area contributed by atoms with E-state index in [1.54, 1.807) is 22.5 Å². The van der Waals surface area contributed by atoms with Gasteiger partial charge >= 0.3 is 0 Å². The molecule has 3 aromatic rings. The predicted octanol–water partition coefficient (Wildman–Crippen LogP) is 4.65. The molecule has 0 unspecified atom stereocenters. The van der Waals surface area contributed by atoms with E-state index in [-0.39, 0.29) is 0 Å². The Morgan fingerprint density at radius 2 is 1.50 bits per heavy atom. The lowest BCUT2D eigenvalue weighted by atomic mass is 10.1. The molecule has 0 amide bonds. The van der Waals surface area contributed by atoms with Crippen molar-refractivity contribution < 1.29 is 8.42 Å². The average molecular weight is 435 g/mol. The number of fused-ring (bicyclic) bond motifs is 1. The van der Waals surface area contributed by atoms with E-state index in [9.17, 15) is 8.42 Å². The van der Waals surface area contributed by atoms with Crippen LogP contribution in [0.2, 0.25) is 10.0 Å². The van der Waals surface area contributed by atoms with Gasteiger partial charge in [0, 0.05) is 32.7 Å². The Morgan fingerprint density at radius 1 is 0.786 bits per heavy atom. The number of nitrogens with zero attached hydrogens (tertiary/aromatic N) is 2. The van der Waals surface area contributed by atoms with Crippen molar-refractivity contribution in [2.24, 2.45) is 0 Å². The third kappa shape index (κ3) is 4.04. The summed E-state index contributed by atoms with van der Waals surface area (Å²) in [6, 6.07) is 18.7. The van der Waals surface area contributed by atoms with Crippen LogP contribution in [0.15, 0.2) is 65.6 Å². The maximum atomic E-state index is 13.1. The zero-order chi connectivity index (χ0) is 19.7. The zero-order valence-electron chi connectivity index (χ0n) is 15.2. The van der Waals surface area contributed by atoms with Crippen LogP contribution in [-0.2, 0) is 16.6 Å². The van der Waals surface area contributed by atoms with E-state index in [1.807, 2.05) is 42.5 Å². The van der Waals surface area contributed by atoms with Crippen LogP contribution in [0.5, 0.6) is 0 Å². The maximum Gasteiger partial charge on any atom is 0.243 e. The van der Waals surface area contributed by atoms with E-state index in [2.05, 4.69) is 4.90 Å². The molecule has 146 valence electrons. The van der Waals surface area contributed by atoms with Gasteiger partial charge in [0.1, 0.15) is 0 Å². The molecule has 0 N–H and O–H groups in total. The Morgan fingerprint density at radius 3 is 2.21 bits per heavy atom. The van der Waals surface area contributed by atoms with Crippen LogP contribution in [0, 0.1) is 0 Å². The fourth-order valence-electron chi connectivity index (χ4n) is 3.50. The van der Waals surface area contributed by atoms with Crippen molar-refractivity contribution in [2.75, 3.05) is 26.2 Å². The topological polar surface area (TPSA) is 40.6 Å². The van der Waals surface area contributed by atoms with E-state index >= 15 is 0 Å². The molecule has 3 aromatic carbocycles. The van der Waals surface area contributed by atoms with Crippen LogP contribution in [0.3, 0.4) is 0 Å². The van der Waals surface area contributed by atoms with Gasteiger partial charge < -0.3 is 0 Å². The van der Waals surface area contributed by atoms with Crippen LogP contribution in [0.4, 0.5) is 0 Å². The van der Waals surface area contributed by atoms with Gasteiger partial charge in [-0.3, -0.25) is 4.90 Å². The molecule has 4 rings (SSSR count). The fraction of sp³-hybridized carbons (Fsp3) is 0.238. The molecular weight excluding hydrogens is 415 g/mol. The van der Waals surface area contributed by atoms with Crippen molar-refractivity contribution in [1.29, 1.82) is 0 Å². The molecule has 1 aliphatic rings. The van der Waals surface area contributed by atoms with Crippen LogP contribution in [-0.4, -0.2) is 43.8 Å². The third-order valence-corrected chi connectivity index (χ3v) is 7.71. The molecule has 4 nitrogen and oxygen atoms in total. The van der Waals surface area contributed by atoms with Crippen LogP contribution in [0.1, 0.15) is 5.56 Å². The van der Waals surface area contributed by atoms with Crippen molar-refractivity contribution in [2.45, 2.75) is 11.4 Å². The summed E-state index contributed by atoms with van der Waals surface area (Å²) in [4.78, 5) is 2.58. The maximum absolute atomic E-state index is 13.1. The molecular formula is C21H20Cl2N2O2S. The summed E-state index contributed by atoms with van der Waals surface area (Å²) in [6.07, 6.45) is 0. The van der Waals surface area contributed by atoms with Gasteiger partial charge in [0.2, 0.25) is 10.0 Å². The number of hydrogen-bond acceptors (Lipinski definition) is 3. The Hall–Kier alpha value is -1.63. The first kappa shape index (κ1) is 19.7. The highest BCUT2D eigenvalue weighted by molar-refractivity contribution is 7.89. The number of rotatable bonds is 4. The number of benzene rings is 3. The van der Waals surface area contributed by atoms with E-state index in [1.165, 1.54) is 0 Å². The molecule has 0 atom stereocenters. The predicted molar refractivity (Wildman–Crippen MR) is 114 cm³/mol. The Bertz CT molecular complexity index is 1110. The number of hydrogen-bond donors (Lipinski definition) is 0. The van der Waals surface area contributed by atoms with Crippen molar-refractivity contribution in [3.05, 3.63) is 76.3 Å². The highest BCUT2D eigenvalue weighted by atomic mass is 35.5. The van der Waals surface area contributed by atoms with Gasteiger partial charge in [0.05, 0.1) is 14.9 Å². The first-order valence-corrected chi connectivity index (χ1v) is 11.3. The van der Waals surface area contributed by atoms with Crippen molar-refractivity contribution >= 4 is 44.0 Å². The van der Waals surface area contributed by atoms with E-state index in [0.29, 0.717) is 41.1 Å². The number of halogens is 2. The SMILES string of the molecule is O=S(=O)(c1ccc2ccccc2c1)N1CCN(Cc2ccc(Cl)c(Cl)c2)CC1. The van der Waals surface area contributed by atoms with Crippen LogP contribution < -0.4 is 0 Å². The van der Waals surface area contributed by atoms with E-state index in [4.69, 9.17) is 23.2 Å². The van der Waals surface area contributed by atoms with Crippen LogP contribution >= 0.6 is 23.2 Å². The Balaban J connectivity index is 1.45. The fourth-order valence-corrected chi connectivity index (χ4v) is 5.28. The lowest BCUT2D eigenvalue weighted by Crippen LogP contribution is -2.48. The molecule has 1 saturated heterocycles. The van der Waals surface area contributed by atoms with E-state index < -0.39 is 10.0 Å². The zero-order valence-corrected chi connectivity index (χ0v) is 17.5. The summed E-state index contributed by atoms with van der Waals surface area (Å²) in [5.74, 6) is 0. The summed E-state index contributed by atoms with van der Waals surface area (Å²) in [5.41, 5.74) is 1.07. The monoisotopic (exact) mass is 434 g/mol. The van der Waals surface area contributed by atoms with Crippen molar-refractivity contribution in [3.8, 4) is 0 Å². The highest BCUT2D eigenvalue weighted by Gasteiger charge is 2.28. The molecule has 0 spiro atoms. The van der Waals surface area contributed by atoms with Gasteiger partial charge in [-0.15, -0.1) is 0 Å². The second kappa shape index (κ2) is 8.01. The molecule has 7 heteroatoms. The molecule has 28 heavy (non-hydrogen) atoms. The van der Waals surface area contributed by atoms with Gasteiger partial charge in [0.25, 0.3) is 0 Å². The molecule has 1 aliphatic heterocycles. The summed E-state index contributed by atoms with van der Waals surface area (Å²) in [6.45, 7) is 3.01. The van der Waals surface area contributed by atoms with Gasteiger partial charge in [0.15, 0.2) is 0 Å². The summed E-state index contributed by atoms with van der Waals surface area (Å²) in [7, 11) is -3.49. The molecule has 0 radical (unpaired) electrons. The Labute approximate surface area is 175 Å². The molecule has 0 aromatic heterocycles. The highest BCUT2D eigenvalue weighted by Crippen LogP contribution is 2.25. The number of piperazine rings is 1. The van der Waals surface area contributed by atoms with Gasteiger partial charge in [-0.25, -0.2) is 8.42 Å². The van der Waals surface area contributed by atoms with Crippen LogP contribution in [0.25, 0.3) is 10.8 Å². The first-order valence-electron chi connectivity index (χ1n) is 9.09. The normalized spacial score (nSPS) is 16.5. The largest absolute Gasteiger partial charge is 0.296 e. The van der Waals surface area contributed by atoms with Gasteiger partial charge in [-0.1, -0.05) is 59.6 Å². The van der Waals surface area contributed by atoms with Crippen molar-refractivity contribution in [1.82, 2.24) is 9.21 Å². The Kier molecular flexibility index (Phi) is 5.63. The second-order valence-corrected chi connectivity index (χ2v) is 9.69. The quantitative estimate of drug-likeness (QED) is 0.599. The summed E-state index contributed by atoms with van der Waals surface area (Å²) < 4.78 is 27.7. The van der Waals surface area contributed by atoms with Gasteiger partial charge in [-0.05, 0) is 40.6 Å². The number of sulfonamides is 1. The second-order valence-electron chi connectivity index (χ2n) is 6.94. The average Bonchev–Trinajstić information content (AvgIpc) is 2.71. The van der Waals surface area contributed by atoms with Gasteiger partial charge in [-0.2, -0.15) is 4.31 Å². The minimum absolute atomic E-state index is 0.351. The van der Waals surface area contributed by atoms with Crippen molar-refractivity contribution in [3.63, 3.8) is 0 Å². The lowest BCUT2D eigenvalue weighted by Gasteiger charge is -2.34. The molecule has 1 fully saturated rings. The van der Waals surface area contributed by atoms with E-state index in [0.717, 1.165) is 22.9 Å². The minimum Gasteiger partial charge on any atom is -0.296 e. The lowest BCUT2D eigenvalue weighted by molar-refractivity contribution is 0.181. The molecule has 0 saturated carbocycles. The minimum atomic E-state index is -3.49.